The van der Waals surface area contributed by atoms with Gasteiger partial charge in [0.1, 0.15) is 5.60 Å². The summed E-state index contributed by atoms with van der Waals surface area (Å²) in [5, 5.41) is 0. The first-order chi connectivity index (χ1) is 9.37. The second-order valence-electron chi connectivity index (χ2n) is 5.80. The SMILES string of the molecule is CC(C)(C)OC(=O)N1C=CC(=O)CC1c1ccccc1. The highest BCUT2D eigenvalue weighted by Gasteiger charge is 2.31. The van der Waals surface area contributed by atoms with Crippen LogP contribution in [0.3, 0.4) is 0 Å². The van der Waals surface area contributed by atoms with Gasteiger partial charge in [-0.25, -0.2) is 4.79 Å². The Morgan fingerprint density at radius 1 is 1.25 bits per heavy atom. The number of ketones is 1. The fraction of sp³-hybridized carbons (Fsp3) is 0.375. The molecule has 20 heavy (non-hydrogen) atoms. The van der Waals surface area contributed by atoms with Gasteiger partial charge in [-0.2, -0.15) is 0 Å². The van der Waals surface area contributed by atoms with E-state index in [0.717, 1.165) is 5.56 Å². The fourth-order valence-corrected chi connectivity index (χ4v) is 2.08. The number of carbonyl (C=O) groups is 2. The molecule has 1 atom stereocenters. The van der Waals surface area contributed by atoms with E-state index in [0.29, 0.717) is 0 Å². The van der Waals surface area contributed by atoms with Gasteiger partial charge in [0.15, 0.2) is 5.78 Å². The topological polar surface area (TPSA) is 46.6 Å². The zero-order valence-corrected chi connectivity index (χ0v) is 12.0. The summed E-state index contributed by atoms with van der Waals surface area (Å²) in [4.78, 5) is 25.4. The average molecular weight is 273 g/mol. The van der Waals surface area contributed by atoms with Gasteiger partial charge in [0, 0.05) is 12.6 Å². The minimum Gasteiger partial charge on any atom is -0.443 e. The number of hydrogen-bond donors (Lipinski definition) is 0. The maximum absolute atomic E-state index is 12.2. The molecule has 1 unspecified atom stereocenters. The quantitative estimate of drug-likeness (QED) is 0.787. The molecule has 0 saturated heterocycles. The molecule has 1 aromatic rings. The van der Waals surface area contributed by atoms with E-state index in [2.05, 4.69) is 0 Å². The van der Waals surface area contributed by atoms with Crippen molar-refractivity contribution in [1.29, 1.82) is 0 Å². The maximum atomic E-state index is 12.2. The molecule has 0 fully saturated rings. The van der Waals surface area contributed by atoms with Crippen molar-refractivity contribution in [3.05, 3.63) is 48.2 Å². The minimum atomic E-state index is -0.562. The normalized spacial score (nSPS) is 19.1. The van der Waals surface area contributed by atoms with Crippen molar-refractivity contribution in [2.24, 2.45) is 0 Å². The number of allylic oxidation sites excluding steroid dienone is 1. The van der Waals surface area contributed by atoms with Gasteiger partial charge in [-0.15, -0.1) is 0 Å². The van der Waals surface area contributed by atoms with Crippen LogP contribution in [0.5, 0.6) is 0 Å². The number of carbonyl (C=O) groups excluding carboxylic acids is 2. The number of rotatable bonds is 1. The Kier molecular flexibility index (Phi) is 3.93. The van der Waals surface area contributed by atoms with E-state index in [9.17, 15) is 9.59 Å². The summed E-state index contributed by atoms with van der Waals surface area (Å²) in [5.41, 5.74) is 0.365. The van der Waals surface area contributed by atoms with Crippen LogP contribution < -0.4 is 0 Å². The zero-order chi connectivity index (χ0) is 14.8. The van der Waals surface area contributed by atoms with Gasteiger partial charge in [0.25, 0.3) is 0 Å². The maximum Gasteiger partial charge on any atom is 0.414 e. The Bertz CT molecular complexity index is 528. The van der Waals surface area contributed by atoms with Crippen molar-refractivity contribution < 1.29 is 14.3 Å². The van der Waals surface area contributed by atoms with E-state index in [4.69, 9.17) is 4.74 Å². The molecule has 2 rings (SSSR count). The molecule has 4 nitrogen and oxygen atoms in total. The number of benzene rings is 1. The van der Waals surface area contributed by atoms with E-state index in [1.54, 1.807) is 0 Å². The van der Waals surface area contributed by atoms with Gasteiger partial charge >= 0.3 is 6.09 Å². The lowest BCUT2D eigenvalue weighted by atomic mass is 9.98. The molecule has 0 N–H and O–H groups in total. The largest absolute Gasteiger partial charge is 0.443 e. The van der Waals surface area contributed by atoms with Gasteiger partial charge in [0.05, 0.1) is 6.04 Å². The van der Waals surface area contributed by atoms with E-state index in [1.165, 1.54) is 17.2 Å². The van der Waals surface area contributed by atoms with Gasteiger partial charge in [-0.3, -0.25) is 9.69 Å². The van der Waals surface area contributed by atoms with Crippen molar-refractivity contribution in [2.45, 2.75) is 38.8 Å². The highest BCUT2D eigenvalue weighted by atomic mass is 16.6. The van der Waals surface area contributed by atoms with Crippen LogP contribution in [-0.2, 0) is 9.53 Å². The fourth-order valence-electron chi connectivity index (χ4n) is 2.08. The van der Waals surface area contributed by atoms with Gasteiger partial charge in [0.2, 0.25) is 0 Å². The molecule has 1 aromatic carbocycles. The van der Waals surface area contributed by atoms with E-state index in [-0.39, 0.29) is 18.2 Å². The van der Waals surface area contributed by atoms with Crippen LogP contribution in [0.2, 0.25) is 0 Å². The number of nitrogens with zero attached hydrogens (tertiary/aromatic N) is 1. The highest BCUT2D eigenvalue weighted by molar-refractivity contribution is 5.92. The number of amides is 1. The predicted octanol–water partition coefficient (Wildman–Crippen LogP) is 3.45. The minimum absolute atomic E-state index is 0.0126. The molecule has 1 aliphatic heterocycles. The second kappa shape index (κ2) is 5.49. The van der Waals surface area contributed by atoms with E-state index < -0.39 is 11.7 Å². The average Bonchev–Trinajstić information content (AvgIpc) is 2.37. The second-order valence-corrected chi connectivity index (χ2v) is 5.80. The van der Waals surface area contributed by atoms with Crippen LogP contribution in [0.4, 0.5) is 4.79 Å². The highest BCUT2D eigenvalue weighted by Crippen LogP contribution is 2.29. The molecular weight excluding hydrogens is 254 g/mol. The van der Waals surface area contributed by atoms with E-state index >= 15 is 0 Å². The van der Waals surface area contributed by atoms with Crippen LogP contribution in [-0.4, -0.2) is 22.4 Å². The molecule has 106 valence electrons. The Hall–Kier alpha value is -2.10. The molecule has 0 aliphatic carbocycles. The lowest BCUT2D eigenvalue weighted by Gasteiger charge is -2.33. The summed E-state index contributed by atoms with van der Waals surface area (Å²) in [7, 11) is 0. The van der Waals surface area contributed by atoms with Gasteiger partial charge < -0.3 is 4.74 Å². The predicted molar refractivity (Wildman–Crippen MR) is 76.0 cm³/mol. The molecule has 0 spiro atoms. The van der Waals surface area contributed by atoms with Crippen molar-refractivity contribution in [3.8, 4) is 0 Å². The van der Waals surface area contributed by atoms with Crippen LogP contribution >= 0.6 is 0 Å². The molecule has 0 radical (unpaired) electrons. The smallest absolute Gasteiger partial charge is 0.414 e. The first-order valence-corrected chi connectivity index (χ1v) is 6.64. The molecular formula is C16H19NO3. The lowest BCUT2D eigenvalue weighted by molar-refractivity contribution is -0.116. The van der Waals surface area contributed by atoms with Crippen molar-refractivity contribution in [1.82, 2.24) is 4.90 Å². The summed E-state index contributed by atoms with van der Waals surface area (Å²) in [6, 6.07) is 9.21. The molecule has 0 saturated carbocycles. The summed E-state index contributed by atoms with van der Waals surface area (Å²) in [5.74, 6) is 0.0126. The van der Waals surface area contributed by atoms with Crippen LogP contribution in [0.1, 0.15) is 38.8 Å². The van der Waals surface area contributed by atoms with E-state index in [1.807, 2.05) is 51.1 Å². The molecule has 0 aromatic heterocycles. The standard InChI is InChI=1S/C16H19NO3/c1-16(2,3)20-15(19)17-10-9-13(18)11-14(17)12-7-5-4-6-8-12/h4-10,14H,11H2,1-3H3. The van der Waals surface area contributed by atoms with Crippen LogP contribution in [0.15, 0.2) is 42.6 Å². The van der Waals surface area contributed by atoms with Crippen LogP contribution in [0, 0.1) is 0 Å². The molecule has 4 heteroatoms. The zero-order valence-electron chi connectivity index (χ0n) is 12.0. The molecule has 1 heterocycles. The Balaban J connectivity index is 2.26. The molecule has 1 aliphatic rings. The Labute approximate surface area is 119 Å². The first-order valence-electron chi connectivity index (χ1n) is 6.64. The summed E-state index contributed by atoms with van der Waals surface area (Å²) in [6.07, 6.45) is 2.77. The molecule has 1 amide bonds. The van der Waals surface area contributed by atoms with Crippen molar-refractivity contribution in [3.63, 3.8) is 0 Å². The third kappa shape index (κ3) is 3.47. The van der Waals surface area contributed by atoms with Gasteiger partial charge in [-0.05, 0) is 32.4 Å². The Morgan fingerprint density at radius 3 is 2.50 bits per heavy atom. The van der Waals surface area contributed by atoms with Crippen molar-refractivity contribution in [2.75, 3.05) is 0 Å². The summed E-state index contributed by atoms with van der Waals surface area (Å²) in [6.45, 7) is 5.46. The summed E-state index contributed by atoms with van der Waals surface area (Å²) < 4.78 is 5.39. The third-order valence-corrected chi connectivity index (χ3v) is 2.94. The first kappa shape index (κ1) is 14.3. The molecule has 0 bridgehead atoms. The summed E-state index contributed by atoms with van der Waals surface area (Å²) >= 11 is 0. The Morgan fingerprint density at radius 2 is 1.90 bits per heavy atom. The lowest BCUT2D eigenvalue weighted by Crippen LogP contribution is -2.38. The van der Waals surface area contributed by atoms with Crippen LogP contribution in [0.25, 0.3) is 0 Å². The third-order valence-electron chi connectivity index (χ3n) is 2.94. The monoisotopic (exact) mass is 273 g/mol. The number of ether oxygens (including phenoxy) is 1. The number of hydrogen-bond acceptors (Lipinski definition) is 3. The van der Waals surface area contributed by atoms with Gasteiger partial charge in [-0.1, -0.05) is 30.3 Å². The van der Waals surface area contributed by atoms with Crippen molar-refractivity contribution >= 4 is 11.9 Å².